The number of morpholine rings is 1. The SMILES string of the molecule is Cc1ccc(-n2nc(C(=O)N3CCOCC3CC(=O)O)c3c2CCC3)c(F)c1. The zero-order valence-corrected chi connectivity index (χ0v) is 15.7. The largest absolute Gasteiger partial charge is 0.481 e. The summed E-state index contributed by atoms with van der Waals surface area (Å²) in [5, 5.41) is 13.6. The fourth-order valence-electron chi connectivity index (χ4n) is 4.02. The number of carboxylic acid groups (broad SMARTS) is 1. The molecular weight excluding hydrogens is 365 g/mol. The molecule has 0 bridgehead atoms. The molecule has 2 aromatic rings. The van der Waals surface area contributed by atoms with Crippen LogP contribution >= 0.6 is 0 Å². The predicted molar refractivity (Wildman–Crippen MR) is 98.2 cm³/mol. The van der Waals surface area contributed by atoms with Crippen molar-refractivity contribution in [1.29, 1.82) is 0 Å². The standard InChI is InChI=1S/C20H22FN3O4/c1-12-5-6-17(15(21)9-12)24-16-4-2-3-14(16)19(22-24)20(27)23-7-8-28-11-13(23)10-18(25)26/h5-6,9,13H,2-4,7-8,10-11H2,1H3,(H,25,26). The number of nitrogens with zero attached hydrogens (tertiary/aromatic N) is 3. The van der Waals surface area contributed by atoms with E-state index in [9.17, 15) is 14.0 Å². The second-order valence-corrected chi connectivity index (χ2v) is 7.32. The molecule has 2 heterocycles. The van der Waals surface area contributed by atoms with E-state index in [0.29, 0.717) is 31.0 Å². The van der Waals surface area contributed by atoms with Gasteiger partial charge >= 0.3 is 5.97 Å². The first-order valence-electron chi connectivity index (χ1n) is 9.43. The number of carbonyl (C=O) groups is 2. The number of carbonyl (C=O) groups excluding carboxylic acids is 1. The van der Waals surface area contributed by atoms with Crippen LogP contribution in [0.25, 0.3) is 5.69 Å². The van der Waals surface area contributed by atoms with E-state index in [0.717, 1.165) is 29.7 Å². The maximum atomic E-state index is 14.5. The molecule has 1 aromatic carbocycles. The number of hydrogen-bond donors (Lipinski definition) is 1. The van der Waals surface area contributed by atoms with Crippen LogP contribution in [-0.4, -0.2) is 57.5 Å². The van der Waals surface area contributed by atoms with Crippen molar-refractivity contribution in [3.63, 3.8) is 0 Å². The predicted octanol–water partition coefficient (Wildman–Crippen LogP) is 2.12. The van der Waals surface area contributed by atoms with E-state index in [1.54, 1.807) is 6.07 Å². The number of aliphatic carboxylic acids is 1. The lowest BCUT2D eigenvalue weighted by Crippen LogP contribution is -2.49. The van der Waals surface area contributed by atoms with Gasteiger partial charge in [-0.15, -0.1) is 0 Å². The zero-order chi connectivity index (χ0) is 19.8. The molecule has 8 heteroatoms. The number of aromatic nitrogens is 2. The molecule has 0 spiro atoms. The first-order chi connectivity index (χ1) is 13.5. The van der Waals surface area contributed by atoms with Crippen LogP contribution in [0.15, 0.2) is 18.2 Å². The highest BCUT2D eigenvalue weighted by atomic mass is 19.1. The Morgan fingerprint density at radius 1 is 1.36 bits per heavy atom. The number of aryl methyl sites for hydroxylation is 1. The van der Waals surface area contributed by atoms with Crippen molar-refractivity contribution in [1.82, 2.24) is 14.7 Å². The molecule has 0 radical (unpaired) electrons. The van der Waals surface area contributed by atoms with E-state index in [1.165, 1.54) is 15.6 Å². The van der Waals surface area contributed by atoms with Crippen molar-refractivity contribution >= 4 is 11.9 Å². The van der Waals surface area contributed by atoms with E-state index in [1.807, 2.05) is 13.0 Å². The summed E-state index contributed by atoms with van der Waals surface area (Å²) in [4.78, 5) is 25.9. The summed E-state index contributed by atoms with van der Waals surface area (Å²) in [5.41, 5.74) is 3.13. The molecule has 7 nitrogen and oxygen atoms in total. The topological polar surface area (TPSA) is 84.7 Å². The number of carboxylic acids is 1. The molecule has 28 heavy (non-hydrogen) atoms. The van der Waals surface area contributed by atoms with Crippen LogP contribution in [0.4, 0.5) is 4.39 Å². The number of amides is 1. The number of benzene rings is 1. The normalized spacial score (nSPS) is 18.9. The first-order valence-corrected chi connectivity index (χ1v) is 9.43. The molecule has 1 N–H and O–H groups in total. The van der Waals surface area contributed by atoms with Gasteiger partial charge in [-0.2, -0.15) is 5.10 Å². The van der Waals surface area contributed by atoms with E-state index >= 15 is 0 Å². The fraction of sp³-hybridized carbons (Fsp3) is 0.450. The fourth-order valence-corrected chi connectivity index (χ4v) is 4.02. The number of rotatable bonds is 4. The van der Waals surface area contributed by atoms with E-state index in [2.05, 4.69) is 5.10 Å². The Morgan fingerprint density at radius 2 is 2.18 bits per heavy atom. The molecule has 148 valence electrons. The number of fused-ring (bicyclic) bond motifs is 1. The maximum absolute atomic E-state index is 14.5. The number of ether oxygens (including phenoxy) is 1. The monoisotopic (exact) mass is 387 g/mol. The van der Waals surface area contributed by atoms with Gasteiger partial charge in [-0.05, 0) is 43.9 Å². The van der Waals surface area contributed by atoms with E-state index < -0.39 is 12.0 Å². The van der Waals surface area contributed by atoms with Gasteiger partial charge in [0.25, 0.3) is 5.91 Å². The zero-order valence-electron chi connectivity index (χ0n) is 15.7. The second kappa shape index (κ2) is 7.35. The smallest absolute Gasteiger partial charge is 0.305 e. The van der Waals surface area contributed by atoms with Gasteiger partial charge in [-0.3, -0.25) is 9.59 Å². The molecule has 1 atom stereocenters. The summed E-state index contributed by atoms with van der Waals surface area (Å²) in [6.07, 6.45) is 2.13. The summed E-state index contributed by atoms with van der Waals surface area (Å²) in [6.45, 7) is 2.68. The second-order valence-electron chi connectivity index (χ2n) is 7.32. The average Bonchev–Trinajstić information content (AvgIpc) is 3.24. The van der Waals surface area contributed by atoms with Crippen LogP contribution in [0.1, 0.15) is 40.2 Å². The Balaban J connectivity index is 1.72. The van der Waals surface area contributed by atoms with Gasteiger partial charge in [-0.1, -0.05) is 6.07 Å². The van der Waals surface area contributed by atoms with Crippen LogP contribution in [0, 0.1) is 12.7 Å². The van der Waals surface area contributed by atoms with Crippen LogP contribution in [0.3, 0.4) is 0 Å². The molecule has 1 unspecified atom stereocenters. The van der Waals surface area contributed by atoms with Crippen molar-refractivity contribution in [2.75, 3.05) is 19.8 Å². The summed E-state index contributed by atoms with van der Waals surface area (Å²) in [6, 6.07) is 4.41. The summed E-state index contributed by atoms with van der Waals surface area (Å²) in [7, 11) is 0. The van der Waals surface area contributed by atoms with Crippen molar-refractivity contribution in [3.05, 3.63) is 46.5 Å². The van der Waals surface area contributed by atoms with Crippen molar-refractivity contribution in [2.45, 2.75) is 38.6 Å². The average molecular weight is 387 g/mol. The number of hydrogen-bond acceptors (Lipinski definition) is 4. The van der Waals surface area contributed by atoms with Gasteiger partial charge in [-0.25, -0.2) is 9.07 Å². The third-order valence-electron chi connectivity index (χ3n) is 5.36. The van der Waals surface area contributed by atoms with Crippen LogP contribution in [0.5, 0.6) is 0 Å². The highest BCUT2D eigenvalue weighted by Crippen LogP contribution is 2.30. The molecular formula is C20H22FN3O4. The molecule has 1 aliphatic carbocycles. The van der Waals surface area contributed by atoms with Gasteiger partial charge in [0.1, 0.15) is 11.5 Å². The Morgan fingerprint density at radius 3 is 2.93 bits per heavy atom. The minimum atomic E-state index is -0.981. The van der Waals surface area contributed by atoms with Gasteiger partial charge in [0.2, 0.25) is 0 Å². The van der Waals surface area contributed by atoms with Crippen molar-refractivity contribution < 1.29 is 23.8 Å². The lowest BCUT2D eigenvalue weighted by molar-refractivity contribution is -0.139. The Labute approximate surface area is 161 Å². The Hall–Kier alpha value is -2.74. The van der Waals surface area contributed by atoms with Gasteiger partial charge in [0, 0.05) is 17.8 Å². The minimum Gasteiger partial charge on any atom is -0.481 e. The third-order valence-corrected chi connectivity index (χ3v) is 5.36. The number of halogens is 1. The van der Waals surface area contributed by atoms with Crippen LogP contribution < -0.4 is 0 Å². The molecule has 1 aromatic heterocycles. The molecule has 2 aliphatic rings. The maximum Gasteiger partial charge on any atom is 0.305 e. The van der Waals surface area contributed by atoms with Crippen LogP contribution in [-0.2, 0) is 22.4 Å². The molecule has 4 rings (SSSR count). The summed E-state index contributed by atoms with van der Waals surface area (Å²) < 4.78 is 21.4. The lowest BCUT2D eigenvalue weighted by Gasteiger charge is -2.34. The van der Waals surface area contributed by atoms with Crippen molar-refractivity contribution in [3.8, 4) is 5.69 Å². The first kappa shape index (κ1) is 18.6. The summed E-state index contributed by atoms with van der Waals surface area (Å²) >= 11 is 0. The van der Waals surface area contributed by atoms with Crippen molar-refractivity contribution in [2.24, 2.45) is 0 Å². The lowest BCUT2D eigenvalue weighted by atomic mass is 10.1. The van der Waals surface area contributed by atoms with E-state index in [-0.39, 0.29) is 24.8 Å². The van der Waals surface area contributed by atoms with Gasteiger partial charge in [0.05, 0.1) is 25.7 Å². The van der Waals surface area contributed by atoms with Gasteiger partial charge < -0.3 is 14.7 Å². The van der Waals surface area contributed by atoms with Crippen LogP contribution in [0.2, 0.25) is 0 Å². The quantitative estimate of drug-likeness (QED) is 0.869. The molecule has 1 saturated heterocycles. The Bertz CT molecular complexity index is 940. The van der Waals surface area contributed by atoms with E-state index in [4.69, 9.17) is 9.84 Å². The highest BCUT2D eigenvalue weighted by molar-refractivity contribution is 5.95. The van der Waals surface area contributed by atoms with Gasteiger partial charge in [0.15, 0.2) is 5.69 Å². The molecule has 1 amide bonds. The molecule has 1 aliphatic heterocycles. The highest BCUT2D eigenvalue weighted by Gasteiger charge is 2.35. The third kappa shape index (κ3) is 3.28. The molecule has 1 fully saturated rings. The minimum absolute atomic E-state index is 0.179. The molecule has 0 saturated carbocycles. The Kier molecular flexibility index (Phi) is 4.89. The summed E-state index contributed by atoms with van der Waals surface area (Å²) in [5.74, 6) is -1.67.